The SMILES string of the molecule is COc1ncccc1COc1cccc(CO)c1. The number of nitrogens with zero attached hydrogens (tertiary/aromatic N) is 1. The Morgan fingerprint density at radius 2 is 2.11 bits per heavy atom. The number of aromatic nitrogens is 1. The average molecular weight is 245 g/mol. The van der Waals surface area contributed by atoms with Crippen molar-refractivity contribution in [3.8, 4) is 11.6 Å². The molecule has 0 aliphatic heterocycles. The molecule has 2 rings (SSSR count). The monoisotopic (exact) mass is 245 g/mol. The molecule has 94 valence electrons. The zero-order valence-corrected chi connectivity index (χ0v) is 10.2. The van der Waals surface area contributed by atoms with Crippen molar-refractivity contribution in [2.24, 2.45) is 0 Å². The summed E-state index contributed by atoms with van der Waals surface area (Å²) in [5.74, 6) is 1.28. The summed E-state index contributed by atoms with van der Waals surface area (Å²) in [4.78, 5) is 4.10. The van der Waals surface area contributed by atoms with Crippen molar-refractivity contribution in [2.75, 3.05) is 7.11 Å². The molecular formula is C14H15NO3. The Morgan fingerprint density at radius 3 is 2.89 bits per heavy atom. The largest absolute Gasteiger partial charge is 0.489 e. The Hall–Kier alpha value is -2.07. The van der Waals surface area contributed by atoms with E-state index in [4.69, 9.17) is 14.6 Å². The first-order chi connectivity index (χ1) is 8.83. The molecule has 0 fully saturated rings. The number of ether oxygens (including phenoxy) is 2. The van der Waals surface area contributed by atoms with Gasteiger partial charge in [-0.1, -0.05) is 12.1 Å². The number of aliphatic hydroxyl groups excluding tert-OH is 1. The minimum Gasteiger partial charge on any atom is -0.489 e. The molecule has 4 nitrogen and oxygen atoms in total. The van der Waals surface area contributed by atoms with E-state index in [0.717, 1.165) is 11.1 Å². The number of pyridine rings is 1. The van der Waals surface area contributed by atoms with Gasteiger partial charge in [-0.15, -0.1) is 0 Å². The Bertz CT molecular complexity index is 514. The molecule has 0 atom stereocenters. The molecule has 0 spiro atoms. The number of hydrogen-bond acceptors (Lipinski definition) is 4. The van der Waals surface area contributed by atoms with Gasteiger partial charge < -0.3 is 14.6 Å². The third kappa shape index (κ3) is 2.99. The van der Waals surface area contributed by atoms with Crippen molar-refractivity contribution < 1.29 is 14.6 Å². The molecule has 0 radical (unpaired) electrons. The molecule has 1 heterocycles. The first kappa shape index (κ1) is 12.4. The quantitative estimate of drug-likeness (QED) is 0.877. The topological polar surface area (TPSA) is 51.6 Å². The maximum atomic E-state index is 9.04. The molecule has 0 aliphatic carbocycles. The highest BCUT2D eigenvalue weighted by Gasteiger charge is 2.04. The Balaban J connectivity index is 2.06. The van der Waals surface area contributed by atoms with Gasteiger partial charge in [0.15, 0.2) is 0 Å². The smallest absolute Gasteiger partial charge is 0.219 e. The second kappa shape index (κ2) is 6.02. The number of aliphatic hydroxyl groups is 1. The Morgan fingerprint density at radius 1 is 1.22 bits per heavy atom. The second-order valence-corrected chi connectivity index (χ2v) is 3.77. The van der Waals surface area contributed by atoms with E-state index in [-0.39, 0.29) is 6.61 Å². The first-order valence-electron chi connectivity index (χ1n) is 5.64. The van der Waals surface area contributed by atoms with Crippen LogP contribution in [0.5, 0.6) is 11.6 Å². The van der Waals surface area contributed by atoms with Gasteiger partial charge in [0.25, 0.3) is 0 Å². The van der Waals surface area contributed by atoms with Crippen LogP contribution in [0, 0.1) is 0 Å². The van der Waals surface area contributed by atoms with Gasteiger partial charge in [-0.2, -0.15) is 0 Å². The van der Waals surface area contributed by atoms with Gasteiger partial charge in [-0.3, -0.25) is 0 Å². The fourth-order valence-electron chi connectivity index (χ4n) is 1.61. The van der Waals surface area contributed by atoms with Crippen LogP contribution < -0.4 is 9.47 Å². The van der Waals surface area contributed by atoms with E-state index in [1.54, 1.807) is 13.3 Å². The summed E-state index contributed by atoms with van der Waals surface area (Å²) in [6, 6.07) is 11.1. The molecule has 1 aromatic heterocycles. The van der Waals surface area contributed by atoms with Crippen LogP contribution in [-0.4, -0.2) is 17.2 Å². The van der Waals surface area contributed by atoms with E-state index >= 15 is 0 Å². The number of rotatable bonds is 5. The highest BCUT2D eigenvalue weighted by molar-refractivity contribution is 5.29. The van der Waals surface area contributed by atoms with Crippen molar-refractivity contribution in [3.63, 3.8) is 0 Å². The summed E-state index contributed by atoms with van der Waals surface area (Å²) >= 11 is 0. The van der Waals surface area contributed by atoms with E-state index in [1.165, 1.54) is 0 Å². The van der Waals surface area contributed by atoms with Crippen molar-refractivity contribution in [3.05, 3.63) is 53.7 Å². The third-order valence-electron chi connectivity index (χ3n) is 2.52. The minimum atomic E-state index is 0.00735. The lowest BCUT2D eigenvalue weighted by molar-refractivity contribution is 0.276. The van der Waals surface area contributed by atoms with E-state index in [1.807, 2.05) is 36.4 Å². The van der Waals surface area contributed by atoms with Gasteiger partial charge >= 0.3 is 0 Å². The lowest BCUT2D eigenvalue weighted by atomic mass is 10.2. The van der Waals surface area contributed by atoms with E-state index < -0.39 is 0 Å². The fourth-order valence-corrected chi connectivity index (χ4v) is 1.61. The van der Waals surface area contributed by atoms with Gasteiger partial charge in [0, 0.05) is 6.20 Å². The minimum absolute atomic E-state index is 0.00735. The summed E-state index contributed by atoms with van der Waals surface area (Å²) in [7, 11) is 1.58. The number of methoxy groups -OCH3 is 1. The zero-order valence-electron chi connectivity index (χ0n) is 10.2. The van der Waals surface area contributed by atoms with Crippen molar-refractivity contribution in [1.29, 1.82) is 0 Å². The van der Waals surface area contributed by atoms with E-state index in [9.17, 15) is 0 Å². The summed E-state index contributed by atoms with van der Waals surface area (Å²) < 4.78 is 10.8. The average Bonchev–Trinajstić information content (AvgIpc) is 2.45. The lowest BCUT2D eigenvalue weighted by Gasteiger charge is -2.09. The van der Waals surface area contributed by atoms with Crippen molar-refractivity contribution >= 4 is 0 Å². The van der Waals surface area contributed by atoms with Crippen LogP contribution in [0.2, 0.25) is 0 Å². The molecule has 0 aliphatic rings. The zero-order chi connectivity index (χ0) is 12.8. The lowest BCUT2D eigenvalue weighted by Crippen LogP contribution is -2.00. The molecule has 0 bridgehead atoms. The molecular weight excluding hydrogens is 230 g/mol. The molecule has 1 aromatic carbocycles. The predicted octanol–water partition coefficient (Wildman–Crippen LogP) is 2.16. The van der Waals surface area contributed by atoms with Crippen LogP contribution in [0.1, 0.15) is 11.1 Å². The van der Waals surface area contributed by atoms with Gasteiger partial charge in [-0.25, -0.2) is 4.98 Å². The standard InChI is InChI=1S/C14H15NO3/c1-17-14-12(5-3-7-15-14)10-18-13-6-2-4-11(8-13)9-16/h2-8,16H,9-10H2,1H3. The van der Waals surface area contributed by atoms with Crippen molar-refractivity contribution in [1.82, 2.24) is 4.98 Å². The Labute approximate surface area is 106 Å². The van der Waals surface area contributed by atoms with Gasteiger partial charge in [-0.05, 0) is 29.8 Å². The molecule has 18 heavy (non-hydrogen) atoms. The molecule has 0 amide bonds. The van der Waals surface area contributed by atoms with E-state index in [2.05, 4.69) is 4.98 Å². The van der Waals surface area contributed by atoms with Crippen LogP contribution in [0.4, 0.5) is 0 Å². The molecule has 0 saturated carbocycles. The number of hydrogen-bond donors (Lipinski definition) is 1. The third-order valence-corrected chi connectivity index (χ3v) is 2.52. The van der Waals surface area contributed by atoms with Crippen LogP contribution in [0.15, 0.2) is 42.6 Å². The molecule has 1 N–H and O–H groups in total. The highest BCUT2D eigenvalue weighted by Crippen LogP contribution is 2.18. The highest BCUT2D eigenvalue weighted by atomic mass is 16.5. The maximum absolute atomic E-state index is 9.04. The van der Waals surface area contributed by atoms with Crippen LogP contribution >= 0.6 is 0 Å². The number of benzene rings is 1. The fraction of sp³-hybridized carbons (Fsp3) is 0.214. The molecule has 2 aromatic rings. The summed E-state index contributed by atoms with van der Waals surface area (Å²) in [6.07, 6.45) is 1.68. The maximum Gasteiger partial charge on any atom is 0.219 e. The van der Waals surface area contributed by atoms with Gasteiger partial charge in [0.2, 0.25) is 5.88 Å². The molecule has 0 unspecified atom stereocenters. The van der Waals surface area contributed by atoms with Crippen LogP contribution in [-0.2, 0) is 13.2 Å². The van der Waals surface area contributed by atoms with E-state index in [0.29, 0.717) is 18.2 Å². The second-order valence-electron chi connectivity index (χ2n) is 3.77. The molecule has 4 heteroatoms. The van der Waals surface area contributed by atoms with Gasteiger partial charge in [0.1, 0.15) is 12.4 Å². The summed E-state index contributed by atoms with van der Waals surface area (Å²) in [5.41, 5.74) is 1.71. The summed E-state index contributed by atoms with van der Waals surface area (Å²) in [5, 5.41) is 9.04. The first-order valence-corrected chi connectivity index (χ1v) is 5.64. The van der Waals surface area contributed by atoms with Gasteiger partial charge in [0.05, 0.1) is 19.3 Å². The van der Waals surface area contributed by atoms with Crippen LogP contribution in [0.3, 0.4) is 0 Å². The summed E-state index contributed by atoms with van der Waals surface area (Å²) in [6.45, 7) is 0.388. The Kier molecular flexibility index (Phi) is 4.15. The molecule has 0 saturated heterocycles. The normalized spacial score (nSPS) is 10.1. The van der Waals surface area contributed by atoms with Crippen LogP contribution in [0.25, 0.3) is 0 Å². The predicted molar refractivity (Wildman–Crippen MR) is 67.5 cm³/mol. The van der Waals surface area contributed by atoms with Crippen molar-refractivity contribution in [2.45, 2.75) is 13.2 Å².